The summed E-state index contributed by atoms with van der Waals surface area (Å²) in [6, 6.07) is 10.9. The molecule has 6 nitrogen and oxygen atoms in total. The van der Waals surface area contributed by atoms with Gasteiger partial charge in [0.25, 0.3) is 11.5 Å². The number of nitrogens with one attached hydrogen (secondary N) is 1. The first-order valence-corrected chi connectivity index (χ1v) is 8.25. The molecule has 2 aromatic carbocycles. The smallest absolute Gasteiger partial charge is 0.271 e. The molecule has 1 aliphatic rings. The van der Waals surface area contributed by atoms with Crippen LogP contribution in [-0.4, -0.2) is 21.7 Å². The van der Waals surface area contributed by atoms with Crippen LogP contribution in [0.15, 0.2) is 52.4 Å². The zero-order chi connectivity index (χ0) is 18.1. The van der Waals surface area contributed by atoms with Crippen molar-refractivity contribution < 1.29 is 9.18 Å². The fourth-order valence-corrected chi connectivity index (χ4v) is 3.03. The molecular formula is C19H15FN4O2. The fraction of sp³-hybridized carbons (Fsp3) is 0.158. The topological polar surface area (TPSA) is 76.3 Å². The van der Waals surface area contributed by atoms with Gasteiger partial charge in [-0.15, -0.1) is 0 Å². The summed E-state index contributed by atoms with van der Waals surface area (Å²) in [6.45, 7) is 0.685. The number of hydrogen-bond acceptors (Lipinski definition) is 4. The van der Waals surface area contributed by atoms with E-state index in [2.05, 4.69) is 15.5 Å². The number of rotatable bonds is 3. The highest BCUT2D eigenvalue weighted by atomic mass is 19.1. The van der Waals surface area contributed by atoms with Gasteiger partial charge in [-0.2, -0.15) is 5.10 Å². The van der Waals surface area contributed by atoms with E-state index < -0.39 is 11.7 Å². The van der Waals surface area contributed by atoms with Crippen LogP contribution in [0.5, 0.6) is 0 Å². The third-order valence-electron chi connectivity index (χ3n) is 4.35. The number of aromatic nitrogens is 2. The molecular weight excluding hydrogens is 335 g/mol. The van der Waals surface area contributed by atoms with Crippen LogP contribution < -0.4 is 11.0 Å². The van der Waals surface area contributed by atoms with Crippen molar-refractivity contribution in [2.45, 2.75) is 19.4 Å². The average Bonchev–Trinajstić information content (AvgIpc) is 3.11. The van der Waals surface area contributed by atoms with Gasteiger partial charge in [0, 0.05) is 24.1 Å². The van der Waals surface area contributed by atoms with Crippen LogP contribution in [0.4, 0.5) is 4.39 Å². The van der Waals surface area contributed by atoms with Crippen molar-refractivity contribution in [2.24, 2.45) is 5.10 Å². The highest BCUT2D eigenvalue weighted by Crippen LogP contribution is 2.16. The van der Waals surface area contributed by atoms with Crippen molar-refractivity contribution in [3.8, 4) is 0 Å². The molecule has 0 atom stereocenters. The average molecular weight is 350 g/mol. The number of carbonyl (C=O) groups is 1. The standard InChI is InChI=1S/C19H15FN4O2/c20-15-5-2-1-4-13(15)11-21-23-18(25)12-7-8-14-16(10-12)22-17-6-3-9-24(17)19(14)26/h1-2,4-5,7-8,10-11H,3,6,9H2,(H,23,25)/b21-11-. The first kappa shape index (κ1) is 16.1. The normalized spacial score (nSPS) is 13.3. The number of carbonyl (C=O) groups excluding carboxylic acids is 1. The van der Waals surface area contributed by atoms with E-state index in [4.69, 9.17) is 0 Å². The number of aryl methyl sites for hydroxylation is 1. The van der Waals surface area contributed by atoms with Gasteiger partial charge < -0.3 is 0 Å². The highest BCUT2D eigenvalue weighted by molar-refractivity contribution is 5.98. The highest BCUT2D eigenvalue weighted by Gasteiger charge is 2.17. The third-order valence-corrected chi connectivity index (χ3v) is 4.35. The van der Waals surface area contributed by atoms with E-state index in [1.54, 1.807) is 41.0 Å². The summed E-state index contributed by atoms with van der Waals surface area (Å²) in [7, 11) is 0. The maximum atomic E-state index is 13.5. The Bertz CT molecular complexity index is 1100. The van der Waals surface area contributed by atoms with Crippen molar-refractivity contribution in [1.29, 1.82) is 0 Å². The van der Waals surface area contributed by atoms with E-state index in [1.807, 2.05) is 0 Å². The quantitative estimate of drug-likeness (QED) is 0.581. The van der Waals surface area contributed by atoms with Crippen LogP contribution in [0, 0.1) is 5.82 Å². The van der Waals surface area contributed by atoms with E-state index in [0.717, 1.165) is 18.7 Å². The van der Waals surface area contributed by atoms with Gasteiger partial charge in [-0.3, -0.25) is 14.2 Å². The Balaban J connectivity index is 1.58. The third kappa shape index (κ3) is 2.88. The second-order valence-electron chi connectivity index (χ2n) is 6.04. The van der Waals surface area contributed by atoms with Gasteiger partial charge in [0.05, 0.1) is 17.1 Å². The number of benzene rings is 2. The predicted molar refractivity (Wildman–Crippen MR) is 95.8 cm³/mol. The molecule has 0 spiro atoms. The van der Waals surface area contributed by atoms with Crippen LogP contribution in [-0.2, 0) is 13.0 Å². The fourth-order valence-electron chi connectivity index (χ4n) is 3.03. The Kier molecular flexibility index (Phi) is 4.04. The van der Waals surface area contributed by atoms with Crippen LogP contribution in [0.1, 0.15) is 28.2 Å². The number of fused-ring (bicyclic) bond motifs is 2. The largest absolute Gasteiger partial charge is 0.296 e. The van der Waals surface area contributed by atoms with E-state index in [9.17, 15) is 14.0 Å². The molecule has 1 N–H and O–H groups in total. The molecule has 0 aliphatic carbocycles. The van der Waals surface area contributed by atoms with Crippen molar-refractivity contribution in [2.75, 3.05) is 0 Å². The van der Waals surface area contributed by atoms with Gasteiger partial charge in [0.15, 0.2) is 0 Å². The van der Waals surface area contributed by atoms with E-state index in [0.29, 0.717) is 23.0 Å². The van der Waals surface area contributed by atoms with Gasteiger partial charge >= 0.3 is 0 Å². The molecule has 1 amide bonds. The second kappa shape index (κ2) is 6.51. The molecule has 26 heavy (non-hydrogen) atoms. The maximum absolute atomic E-state index is 13.5. The minimum atomic E-state index is -0.457. The summed E-state index contributed by atoms with van der Waals surface area (Å²) in [5.74, 6) is -0.130. The van der Waals surface area contributed by atoms with Crippen LogP contribution >= 0.6 is 0 Å². The number of amides is 1. The van der Waals surface area contributed by atoms with Crippen LogP contribution in [0.3, 0.4) is 0 Å². The van der Waals surface area contributed by atoms with Gasteiger partial charge in [-0.05, 0) is 30.7 Å². The molecule has 130 valence electrons. The molecule has 0 saturated carbocycles. The van der Waals surface area contributed by atoms with Crippen molar-refractivity contribution >= 4 is 23.0 Å². The minimum Gasteiger partial charge on any atom is -0.296 e. The second-order valence-corrected chi connectivity index (χ2v) is 6.04. The Morgan fingerprint density at radius 2 is 2.12 bits per heavy atom. The van der Waals surface area contributed by atoms with Gasteiger partial charge in [-0.1, -0.05) is 18.2 Å². The molecule has 0 saturated heterocycles. The Morgan fingerprint density at radius 1 is 1.27 bits per heavy atom. The van der Waals surface area contributed by atoms with Gasteiger partial charge in [0.1, 0.15) is 11.6 Å². The lowest BCUT2D eigenvalue weighted by Crippen LogP contribution is -2.22. The molecule has 1 aromatic heterocycles. The molecule has 3 aromatic rings. The molecule has 7 heteroatoms. The number of nitrogens with zero attached hydrogens (tertiary/aromatic N) is 3. The summed E-state index contributed by atoms with van der Waals surface area (Å²) >= 11 is 0. The number of hydrazone groups is 1. The van der Waals surface area contributed by atoms with Crippen molar-refractivity contribution in [1.82, 2.24) is 15.0 Å². The van der Waals surface area contributed by atoms with Crippen molar-refractivity contribution in [3.05, 3.63) is 75.6 Å². The summed E-state index contributed by atoms with van der Waals surface area (Å²) in [4.78, 5) is 29.2. The summed E-state index contributed by atoms with van der Waals surface area (Å²) in [5, 5.41) is 4.27. The lowest BCUT2D eigenvalue weighted by Gasteiger charge is -2.06. The lowest BCUT2D eigenvalue weighted by atomic mass is 10.1. The molecule has 0 radical (unpaired) electrons. The number of hydrogen-bond donors (Lipinski definition) is 1. The summed E-state index contributed by atoms with van der Waals surface area (Å²) < 4.78 is 15.2. The van der Waals surface area contributed by atoms with E-state index in [-0.39, 0.29) is 11.1 Å². The Morgan fingerprint density at radius 3 is 2.96 bits per heavy atom. The maximum Gasteiger partial charge on any atom is 0.271 e. The van der Waals surface area contributed by atoms with Gasteiger partial charge in [-0.25, -0.2) is 14.8 Å². The first-order chi connectivity index (χ1) is 12.6. The van der Waals surface area contributed by atoms with Crippen LogP contribution in [0.2, 0.25) is 0 Å². The zero-order valence-electron chi connectivity index (χ0n) is 13.8. The molecule has 0 unspecified atom stereocenters. The molecule has 0 fully saturated rings. The lowest BCUT2D eigenvalue weighted by molar-refractivity contribution is 0.0955. The Hall–Kier alpha value is -3.35. The SMILES string of the molecule is O=C(N/N=C\c1ccccc1F)c1ccc2c(=O)n3c(nc2c1)CCC3. The predicted octanol–water partition coefficient (Wildman–Crippen LogP) is 2.25. The number of halogens is 1. The first-order valence-electron chi connectivity index (χ1n) is 8.25. The molecule has 0 bridgehead atoms. The van der Waals surface area contributed by atoms with Gasteiger partial charge in [0.2, 0.25) is 0 Å². The monoisotopic (exact) mass is 350 g/mol. The minimum absolute atomic E-state index is 0.0768. The Labute approximate surface area is 148 Å². The van der Waals surface area contributed by atoms with E-state index >= 15 is 0 Å². The molecule has 2 heterocycles. The summed E-state index contributed by atoms with van der Waals surface area (Å²) in [6.07, 6.45) is 2.90. The van der Waals surface area contributed by atoms with Crippen LogP contribution in [0.25, 0.3) is 10.9 Å². The summed E-state index contributed by atoms with van der Waals surface area (Å²) in [5.41, 5.74) is 3.38. The molecule has 1 aliphatic heterocycles. The molecule has 4 rings (SSSR count). The van der Waals surface area contributed by atoms with Crippen molar-refractivity contribution in [3.63, 3.8) is 0 Å². The van der Waals surface area contributed by atoms with E-state index in [1.165, 1.54) is 12.3 Å². The zero-order valence-corrected chi connectivity index (χ0v) is 13.8.